The van der Waals surface area contributed by atoms with Crippen LogP contribution >= 0.6 is 35.4 Å². The minimum atomic E-state index is -2.86. The first-order chi connectivity index (χ1) is 10.5. The SMILES string of the molecule is FC(F)Oc1ccc(NC(=S)Nc2cccc(Cl)c2Cl)cc1. The van der Waals surface area contributed by atoms with Crippen molar-refractivity contribution in [2.75, 3.05) is 10.6 Å². The Hall–Kier alpha value is -1.63. The first-order valence-corrected chi connectivity index (χ1v) is 7.19. The van der Waals surface area contributed by atoms with E-state index in [2.05, 4.69) is 15.4 Å². The van der Waals surface area contributed by atoms with Crippen molar-refractivity contribution in [1.29, 1.82) is 0 Å². The monoisotopic (exact) mass is 362 g/mol. The fraction of sp³-hybridized carbons (Fsp3) is 0.0714. The van der Waals surface area contributed by atoms with E-state index in [1.807, 2.05) is 0 Å². The average molecular weight is 363 g/mol. The lowest BCUT2D eigenvalue weighted by Crippen LogP contribution is -2.19. The zero-order chi connectivity index (χ0) is 16.1. The van der Waals surface area contributed by atoms with Gasteiger partial charge in [0.05, 0.1) is 15.7 Å². The summed E-state index contributed by atoms with van der Waals surface area (Å²) >= 11 is 17.1. The number of ether oxygens (including phenoxy) is 1. The maximum absolute atomic E-state index is 12.1. The van der Waals surface area contributed by atoms with Crippen LogP contribution in [0.15, 0.2) is 42.5 Å². The molecule has 0 spiro atoms. The normalized spacial score (nSPS) is 10.4. The zero-order valence-corrected chi connectivity index (χ0v) is 13.3. The highest BCUT2D eigenvalue weighted by Gasteiger charge is 2.07. The predicted molar refractivity (Wildman–Crippen MR) is 89.4 cm³/mol. The molecule has 2 rings (SSSR count). The number of benzene rings is 2. The van der Waals surface area contributed by atoms with Crippen LogP contribution in [-0.2, 0) is 0 Å². The molecular formula is C14H10Cl2F2N2OS. The highest BCUT2D eigenvalue weighted by molar-refractivity contribution is 7.80. The second-order valence-corrected chi connectivity index (χ2v) is 5.28. The maximum atomic E-state index is 12.1. The van der Waals surface area contributed by atoms with Gasteiger partial charge in [-0.05, 0) is 48.6 Å². The lowest BCUT2D eigenvalue weighted by atomic mass is 10.3. The third-order valence-corrected chi connectivity index (χ3v) is 3.56. The Morgan fingerprint density at radius 3 is 2.36 bits per heavy atom. The molecular weight excluding hydrogens is 353 g/mol. The lowest BCUT2D eigenvalue weighted by Gasteiger charge is -2.12. The molecule has 0 unspecified atom stereocenters. The van der Waals surface area contributed by atoms with Gasteiger partial charge in [0.1, 0.15) is 5.75 Å². The summed E-state index contributed by atoms with van der Waals surface area (Å²) in [5, 5.41) is 6.84. The quantitative estimate of drug-likeness (QED) is 0.713. The summed E-state index contributed by atoms with van der Waals surface area (Å²) in [4.78, 5) is 0. The summed E-state index contributed by atoms with van der Waals surface area (Å²) in [5.74, 6) is 0.0670. The first-order valence-electron chi connectivity index (χ1n) is 6.02. The molecule has 116 valence electrons. The summed E-state index contributed by atoms with van der Waals surface area (Å²) in [5.41, 5.74) is 1.17. The predicted octanol–water partition coefficient (Wildman–Crippen LogP) is 5.40. The van der Waals surface area contributed by atoms with E-state index in [-0.39, 0.29) is 10.9 Å². The molecule has 0 saturated heterocycles. The second-order valence-electron chi connectivity index (χ2n) is 4.08. The molecule has 0 radical (unpaired) electrons. The Morgan fingerprint density at radius 1 is 1.05 bits per heavy atom. The van der Waals surface area contributed by atoms with Gasteiger partial charge < -0.3 is 15.4 Å². The second kappa shape index (κ2) is 7.58. The van der Waals surface area contributed by atoms with Crippen molar-refractivity contribution >= 4 is 51.9 Å². The van der Waals surface area contributed by atoms with Crippen molar-refractivity contribution < 1.29 is 13.5 Å². The Kier molecular flexibility index (Phi) is 5.76. The van der Waals surface area contributed by atoms with Crippen LogP contribution in [0.4, 0.5) is 20.2 Å². The van der Waals surface area contributed by atoms with E-state index < -0.39 is 6.61 Å². The number of halogens is 4. The molecule has 22 heavy (non-hydrogen) atoms. The van der Waals surface area contributed by atoms with E-state index in [4.69, 9.17) is 35.4 Å². The number of hydrogen-bond acceptors (Lipinski definition) is 2. The van der Waals surface area contributed by atoms with Gasteiger partial charge in [-0.2, -0.15) is 8.78 Å². The molecule has 0 amide bonds. The average Bonchev–Trinajstić information content (AvgIpc) is 2.45. The highest BCUT2D eigenvalue weighted by Crippen LogP contribution is 2.29. The standard InChI is InChI=1S/C14H10Cl2F2N2OS/c15-10-2-1-3-11(12(10)16)20-14(22)19-8-4-6-9(7-5-8)21-13(17)18/h1-7,13H,(H2,19,20,22). The molecule has 0 atom stereocenters. The summed E-state index contributed by atoms with van der Waals surface area (Å²) in [7, 11) is 0. The molecule has 0 fully saturated rings. The van der Waals surface area contributed by atoms with Crippen molar-refractivity contribution in [2.24, 2.45) is 0 Å². The molecule has 2 aromatic carbocycles. The third-order valence-electron chi connectivity index (χ3n) is 2.54. The number of alkyl halides is 2. The maximum Gasteiger partial charge on any atom is 0.387 e. The summed E-state index contributed by atoms with van der Waals surface area (Å²) in [6.07, 6.45) is 0. The smallest absolute Gasteiger partial charge is 0.387 e. The summed E-state index contributed by atoms with van der Waals surface area (Å²) in [6, 6.07) is 11.0. The highest BCUT2D eigenvalue weighted by atomic mass is 35.5. The van der Waals surface area contributed by atoms with Gasteiger partial charge in [-0.1, -0.05) is 29.3 Å². The molecule has 0 saturated carbocycles. The van der Waals surface area contributed by atoms with E-state index in [0.29, 0.717) is 21.4 Å². The van der Waals surface area contributed by atoms with Crippen LogP contribution < -0.4 is 15.4 Å². The Balaban J connectivity index is 1.98. The van der Waals surface area contributed by atoms with Crippen molar-refractivity contribution in [3.05, 3.63) is 52.5 Å². The van der Waals surface area contributed by atoms with Crippen molar-refractivity contribution in [1.82, 2.24) is 0 Å². The minimum absolute atomic E-state index is 0.0670. The molecule has 0 aliphatic rings. The van der Waals surface area contributed by atoms with Gasteiger partial charge in [-0.15, -0.1) is 0 Å². The fourth-order valence-corrected chi connectivity index (χ4v) is 2.18. The zero-order valence-electron chi connectivity index (χ0n) is 10.9. The lowest BCUT2D eigenvalue weighted by molar-refractivity contribution is -0.0498. The molecule has 0 aliphatic carbocycles. The minimum Gasteiger partial charge on any atom is -0.435 e. The van der Waals surface area contributed by atoms with Crippen LogP contribution in [-0.4, -0.2) is 11.7 Å². The summed E-state index contributed by atoms with van der Waals surface area (Å²) < 4.78 is 28.4. The number of nitrogens with one attached hydrogen (secondary N) is 2. The van der Waals surface area contributed by atoms with Gasteiger partial charge in [0.25, 0.3) is 0 Å². The molecule has 2 N–H and O–H groups in total. The van der Waals surface area contributed by atoms with Gasteiger partial charge in [-0.3, -0.25) is 0 Å². The summed E-state index contributed by atoms with van der Waals surface area (Å²) in [6.45, 7) is -2.86. The first kappa shape index (κ1) is 16.7. The number of anilines is 2. The molecule has 3 nitrogen and oxygen atoms in total. The van der Waals surface area contributed by atoms with Crippen molar-refractivity contribution in [2.45, 2.75) is 6.61 Å². The fourth-order valence-electron chi connectivity index (χ4n) is 1.60. The Morgan fingerprint density at radius 2 is 1.73 bits per heavy atom. The Labute approximate surface area is 141 Å². The van der Waals surface area contributed by atoms with E-state index in [1.54, 1.807) is 30.3 Å². The van der Waals surface area contributed by atoms with E-state index in [9.17, 15) is 8.78 Å². The van der Waals surface area contributed by atoms with Crippen LogP contribution in [0.3, 0.4) is 0 Å². The van der Waals surface area contributed by atoms with Gasteiger partial charge in [0, 0.05) is 5.69 Å². The molecule has 0 heterocycles. The molecule has 0 aliphatic heterocycles. The van der Waals surface area contributed by atoms with Crippen LogP contribution in [0.5, 0.6) is 5.75 Å². The van der Waals surface area contributed by atoms with Crippen LogP contribution in [0.2, 0.25) is 10.0 Å². The largest absolute Gasteiger partial charge is 0.435 e. The molecule has 0 aromatic heterocycles. The van der Waals surface area contributed by atoms with Crippen molar-refractivity contribution in [3.8, 4) is 5.75 Å². The number of thiocarbonyl (C=S) groups is 1. The van der Waals surface area contributed by atoms with Crippen LogP contribution in [0, 0.1) is 0 Å². The van der Waals surface area contributed by atoms with E-state index in [0.717, 1.165) is 0 Å². The van der Waals surface area contributed by atoms with Crippen molar-refractivity contribution in [3.63, 3.8) is 0 Å². The van der Waals surface area contributed by atoms with Crippen LogP contribution in [0.25, 0.3) is 0 Å². The molecule has 0 bridgehead atoms. The molecule has 2 aromatic rings. The van der Waals surface area contributed by atoms with Gasteiger partial charge in [0.15, 0.2) is 5.11 Å². The van der Waals surface area contributed by atoms with Gasteiger partial charge in [0.2, 0.25) is 0 Å². The number of rotatable bonds is 4. The number of hydrogen-bond donors (Lipinski definition) is 2. The van der Waals surface area contributed by atoms with Gasteiger partial charge in [-0.25, -0.2) is 0 Å². The van der Waals surface area contributed by atoms with E-state index >= 15 is 0 Å². The topological polar surface area (TPSA) is 33.3 Å². The van der Waals surface area contributed by atoms with Gasteiger partial charge >= 0.3 is 6.61 Å². The van der Waals surface area contributed by atoms with E-state index in [1.165, 1.54) is 12.1 Å². The third kappa shape index (κ3) is 4.69. The molecule has 8 heteroatoms. The Bertz CT molecular complexity index is 668. The van der Waals surface area contributed by atoms with Crippen LogP contribution in [0.1, 0.15) is 0 Å².